The number of hydrogen-bond acceptors (Lipinski definition) is 3. The lowest BCUT2D eigenvalue weighted by Crippen LogP contribution is -2.25. The zero-order valence-electron chi connectivity index (χ0n) is 14.5. The Morgan fingerprint density at radius 2 is 1.96 bits per heavy atom. The van der Waals surface area contributed by atoms with Gasteiger partial charge in [-0.05, 0) is 48.7 Å². The van der Waals surface area contributed by atoms with E-state index in [1.165, 1.54) is 4.31 Å². The molecule has 1 amide bonds. The van der Waals surface area contributed by atoms with Gasteiger partial charge in [-0.3, -0.25) is 9.10 Å². The van der Waals surface area contributed by atoms with Gasteiger partial charge in [0.1, 0.15) is 0 Å². The van der Waals surface area contributed by atoms with Crippen LogP contribution >= 0.6 is 11.6 Å². The average molecular weight is 393 g/mol. The monoisotopic (exact) mass is 392 g/mol. The highest BCUT2D eigenvalue weighted by atomic mass is 35.5. The van der Waals surface area contributed by atoms with Gasteiger partial charge in [0.25, 0.3) is 0 Å². The predicted octanol–water partition coefficient (Wildman–Crippen LogP) is 3.70. The van der Waals surface area contributed by atoms with E-state index >= 15 is 0 Å². The lowest BCUT2D eigenvalue weighted by molar-refractivity contribution is -0.119. The van der Waals surface area contributed by atoms with Crippen molar-refractivity contribution in [1.29, 1.82) is 0 Å². The predicted molar refractivity (Wildman–Crippen MR) is 105 cm³/mol. The van der Waals surface area contributed by atoms with E-state index in [0.29, 0.717) is 35.8 Å². The summed E-state index contributed by atoms with van der Waals surface area (Å²) in [6, 6.07) is 14.4. The van der Waals surface area contributed by atoms with Gasteiger partial charge in [-0.15, -0.1) is 0 Å². The molecule has 2 aromatic rings. The number of halogens is 1. The van der Waals surface area contributed by atoms with E-state index in [1.54, 1.807) is 24.3 Å². The van der Waals surface area contributed by atoms with Gasteiger partial charge in [0.05, 0.1) is 11.4 Å². The van der Waals surface area contributed by atoms with Crippen LogP contribution in [-0.4, -0.2) is 26.6 Å². The number of nitrogens with one attached hydrogen (secondary N) is 1. The van der Waals surface area contributed by atoms with E-state index in [1.807, 2.05) is 31.2 Å². The molecule has 26 heavy (non-hydrogen) atoms. The van der Waals surface area contributed by atoms with Crippen molar-refractivity contribution in [2.45, 2.75) is 19.8 Å². The first-order valence-corrected chi connectivity index (χ1v) is 10.5. The largest absolute Gasteiger partial charge is 0.326 e. The summed E-state index contributed by atoms with van der Waals surface area (Å²) in [5.41, 5.74) is 2.22. The van der Waals surface area contributed by atoms with Crippen molar-refractivity contribution >= 4 is 38.9 Å². The van der Waals surface area contributed by atoms with Crippen LogP contribution in [0.4, 0.5) is 11.4 Å². The second-order valence-electron chi connectivity index (χ2n) is 6.51. The van der Waals surface area contributed by atoms with Crippen molar-refractivity contribution in [3.8, 4) is 0 Å². The van der Waals surface area contributed by atoms with E-state index in [0.717, 1.165) is 5.56 Å². The molecule has 1 unspecified atom stereocenters. The molecule has 5 nitrogen and oxygen atoms in total. The van der Waals surface area contributed by atoms with Gasteiger partial charge in [0.15, 0.2) is 0 Å². The normalized spacial score (nSPS) is 17.1. The highest BCUT2D eigenvalue weighted by molar-refractivity contribution is 7.93. The van der Waals surface area contributed by atoms with Gasteiger partial charge in [0.2, 0.25) is 15.9 Å². The lowest BCUT2D eigenvalue weighted by atomic mass is 10.0. The Bertz CT molecular complexity index is 897. The van der Waals surface area contributed by atoms with Gasteiger partial charge in [-0.2, -0.15) is 0 Å². The number of carbonyl (C=O) groups excluding carboxylic acids is 1. The third-order valence-corrected chi connectivity index (χ3v) is 6.53. The van der Waals surface area contributed by atoms with E-state index in [9.17, 15) is 13.2 Å². The molecule has 0 spiro atoms. The maximum absolute atomic E-state index is 12.5. The van der Waals surface area contributed by atoms with E-state index in [2.05, 4.69) is 5.32 Å². The number of anilines is 2. The second-order valence-corrected chi connectivity index (χ2v) is 8.96. The summed E-state index contributed by atoms with van der Waals surface area (Å²) < 4.78 is 25.5. The molecule has 0 bridgehead atoms. The molecule has 1 fully saturated rings. The molecule has 1 saturated heterocycles. The Morgan fingerprint density at radius 3 is 2.62 bits per heavy atom. The molecule has 0 aromatic heterocycles. The van der Waals surface area contributed by atoms with E-state index < -0.39 is 10.0 Å². The Hall–Kier alpha value is -2.05. The molecule has 0 radical (unpaired) electrons. The first-order chi connectivity index (χ1) is 12.3. The molecule has 3 rings (SSSR count). The highest BCUT2D eigenvalue weighted by Crippen LogP contribution is 2.26. The summed E-state index contributed by atoms with van der Waals surface area (Å²) >= 11 is 5.88. The molecule has 2 aromatic carbocycles. The van der Waals surface area contributed by atoms with Gasteiger partial charge in [-0.25, -0.2) is 8.42 Å². The zero-order valence-corrected chi connectivity index (χ0v) is 16.1. The minimum absolute atomic E-state index is 0.110. The summed E-state index contributed by atoms with van der Waals surface area (Å²) in [6.45, 7) is 2.34. The van der Waals surface area contributed by atoms with Crippen LogP contribution in [0.5, 0.6) is 0 Å². The van der Waals surface area contributed by atoms with Gasteiger partial charge >= 0.3 is 0 Å². The van der Waals surface area contributed by atoms with Crippen molar-refractivity contribution in [2.75, 3.05) is 21.9 Å². The van der Waals surface area contributed by atoms with Crippen molar-refractivity contribution < 1.29 is 13.2 Å². The minimum atomic E-state index is -3.24. The lowest BCUT2D eigenvalue weighted by Gasteiger charge is -2.18. The fraction of sp³-hybridized carbons (Fsp3) is 0.316. The van der Waals surface area contributed by atoms with Gasteiger partial charge in [0, 0.05) is 23.2 Å². The Labute approximate surface area is 159 Å². The number of rotatable bonds is 5. The van der Waals surface area contributed by atoms with Crippen molar-refractivity contribution in [3.63, 3.8) is 0 Å². The van der Waals surface area contributed by atoms with E-state index in [-0.39, 0.29) is 17.6 Å². The summed E-state index contributed by atoms with van der Waals surface area (Å²) in [6.07, 6.45) is 1.22. The standard InChI is InChI=1S/C19H21ClN2O3S/c1-14(12-15-6-8-16(20)9-7-15)19(23)21-17-4-2-5-18(13-17)22-10-3-11-26(22,24)25/h2,4-9,13-14H,3,10-12H2,1H3,(H,21,23). The molecule has 0 saturated carbocycles. The maximum Gasteiger partial charge on any atom is 0.235 e. The Balaban J connectivity index is 1.67. The van der Waals surface area contributed by atoms with Crippen LogP contribution in [0.3, 0.4) is 0 Å². The van der Waals surface area contributed by atoms with Crippen LogP contribution in [0, 0.1) is 5.92 Å². The fourth-order valence-electron chi connectivity index (χ4n) is 3.00. The highest BCUT2D eigenvalue weighted by Gasteiger charge is 2.28. The molecule has 7 heteroatoms. The molecule has 0 aliphatic carbocycles. The van der Waals surface area contributed by atoms with Crippen LogP contribution in [0.1, 0.15) is 18.9 Å². The molecule has 1 aliphatic heterocycles. The summed E-state index contributed by atoms with van der Waals surface area (Å²) in [7, 11) is -3.24. The molecule has 1 heterocycles. The van der Waals surface area contributed by atoms with Crippen LogP contribution < -0.4 is 9.62 Å². The Morgan fingerprint density at radius 1 is 1.23 bits per heavy atom. The fourth-order valence-corrected chi connectivity index (χ4v) is 4.68. The average Bonchev–Trinajstić information content (AvgIpc) is 2.96. The molecule has 1 N–H and O–H groups in total. The first-order valence-electron chi connectivity index (χ1n) is 8.51. The van der Waals surface area contributed by atoms with Crippen LogP contribution in [0.15, 0.2) is 48.5 Å². The summed E-state index contributed by atoms with van der Waals surface area (Å²) in [5, 5.41) is 3.54. The molecule has 1 atom stereocenters. The van der Waals surface area contributed by atoms with Crippen molar-refractivity contribution in [2.24, 2.45) is 5.92 Å². The number of benzene rings is 2. The number of nitrogens with zero attached hydrogens (tertiary/aromatic N) is 1. The third-order valence-electron chi connectivity index (χ3n) is 4.40. The topological polar surface area (TPSA) is 66.5 Å². The molecule has 138 valence electrons. The van der Waals surface area contributed by atoms with Crippen LogP contribution in [-0.2, 0) is 21.2 Å². The third kappa shape index (κ3) is 4.37. The van der Waals surface area contributed by atoms with E-state index in [4.69, 9.17) is 11.6 Å². The molecule has 1 aliphatic rings. The molecular weight excluding hydrogens is 372 g/mol. The van der Waals surface area contributed by atoms with Crippen LogP contribution in [0.25, 0.3) is 0 Å². The zero-order chi connectivity index (χ0) is 18.7. The maximum atomic E-state index is 12.5. The second kappa shape index (κ2) is 7.68. The summed E-state index contributed by atoms with van der Waals surface area (Å²) in [5.74, 6) is -0.168. The number of carbonyl (C=O) groups is 1. The minimum Gasteiger partial charge on any atom is -0.326 e. The smallest absolute Gasteiger partial charge is 0.235 e. The first kappa shape index (κ1) is 18.7. The van der Waals surface area contributed by atoms with Crippen molar-refractivity contribution in [3.05, 3.63) is 59.1 Å². The van der Waals surface area contributed by atoms with Gasteiger partial charge in [-0.1, -0.05) is 36.7 Å². The van der Waals surface area contributed by atoms with Crippen molar-refractivity contribution in [1.82, 2.24) is 0 Å². The number of amides is 1. The van der Waals surface area contributed by atoms with Crippen LogP contribution in [0.2, 0.25) is 5.02 Å². The SMILES string of the molecule is CC(Cc1ccc(Cl)cc1)C(=O)Nc1cccc(N2CCCS2(=O)=O)c1. The quantitative estimate of drug-likeness (QED) is 0.843. The number of sulfonamides is 1. The summed E-state index contributed by atoms with van der Waals surface area (Å²) in [4.78, 5) is 12.5. The Kier molecular flexibility index (Phi) is 5.53. The molecular formula is C19H21ClN2O3S. The van der Waals surface area contributed by atoms with Gasteiger partial charge < -0.3 is 5.32 Å². The number of hydrogen-bond donors (Lipinski definition) is 1.